The Morgan fingerprint density at radius 2 is 2.17 bits per heavy atom. The third-order valence-electron chi connectivity index (χ3n) is 3.74. The van der Waals surface area contributed by atoms with Gasteiger partial charge in [0.15, 0.2) is 6.61 Å². The lowest BCUT2D eigenvalue weighted by atomic mass is 10.1. The van der Waals surface area contributed by atoms with Gasteiger partial charge in [-0.15, -0.1) is 0 Å². The molecular formula is C16H20ClN3O4. The van der Waals surface area contributed by atoms with Crippen LogP contribution in [0.2, 0.25) is 5.02 Å². The summed E-state index contributed by atoms with van der Waals surface area (Å²) in [4.78, 5) is 36.8. The highest BCUT2D eigenvalue weighted by molar-refractivity contribution is 6.33. The maximum atomic E-state index is 12.2. The number of anilines is 1. The van der Waals surface area contributed by atoms with Gasteiger partial charge in [0.05, 0.1) is 16.3 Å². The number of likely N-dealkylation sites (tertiary alicyclic amines) is 1. The molecule has 0 spiro atoms. The average Bonchev–Trinajstić information content (AvgIpc) is 2.54. The van der Waals surface area contributed by atoms with E-state index in [2.05, 4.69) is 5.32 Å². The predicted molar refractivity (Wildman–Crippen MR) is 89.6 cm³/mol. The summed E-state index contributed by atoms with van der Waals surface area (Å²) in [5.74, 6) is -1.05. The normalized spacial score (nSPS) is 17.2. The quantitative estimate of drug-likeness (QED) is 0.625. The molecule has 2 rings (SSSR count). The lowest BCUT2D eigenvalue weighted by molar-refractivity contribution is -0.136. The van der Waals surface area contributed by atoms with Crippen LogP contribution < -0.4 is 11.1 Å². The highest BCUT2D eigenvalue weighted by atomic mass is 35.5. The number of esters is 1. The summed E-state index contributed by atoms with van der Waals surface area (Å²) in [5, 5.41) is 3.15. The Balaban J connectivity index is 1.86. The molecule has 8 heteroatoms. The first-order valence-electron chi connectivity index (χ1n) is 7.64. The van der Waals surface area contributed by atoms with E-state index < -0.39 is 5.97 Å². The van der Waals surface area contributed by atoms with Crippen molar-refractivity contribution < 1.29 is 19.1 Å². The number of halogens is 1. The maximum absolute atomic E-state index is 12.2. The molecule has 1 aromatic carbocycles. The molecule has 2 amide bonds. The minimum absolute atomic E-state index is 0.0630. The van der Waals surface area contributed by atoms with Crippen molar-refractivity contribution in [2.75, 3.05) is 25.4 Å². The molecule has 1 atom stereocenters. The van der Waals surface area contributed by atoms with Gasteiger partial charge in [-0.2, -0.15) is 0 Å². The monoisotopic (exact) mass is 353 g/mol. The Morgan fingerprint density at radius 1 is 1.42 bits per heavy atom. The number of benzene rings is 1. The van der Waals surface area contributed by atoms with E-state index in [-0.39, 0.29) is 35.7 Å². The molecule has 24 heavy (non-hydrogen) atoms. The number of carbonyl (C=O) groups is 3. The minimum atomic E-state index is -0.637. The number of nitrogens with two attached hydrogens (primary N) is 1. The van der Waals surface area contributed by atoms with Gasteiger partial charge < -0.3 is 20.7 Å². The fourth-order valence-electron chi connectivity index (χ4n) is 2.58. The number of hydrogen-bond donors (Lipinski definition) is 2. The van der Waals surface area contributed by atoms with Crippen LogP contribution in [0.15, 0.2) is 18.2 Å². The van der Waals surface area contributed by atoms with Crippen molar-refractivity contribution in [3.8, 4) is 0 Å². The zero-order chi connectivity index (χ0) is 17.7. The van der Waals surface area contributed by atoms with Crippen LogP contribution in [-0.4, -0.2) is 48.4 Å². The molecule has 3 N–H and O–H groups in total. The van der Waals surface area contributed by atoms with Crippen LogP contribution in [0.25, 0.3) is 0 Å². The third-order valence-corrected chi connectivity index (χ3v) is 4.08. The van der Waals surface area contributed by atoms with E-state index in [1.54, 1.807) is 4.90 Å². The van der Waals surface area contributed by atoms with Crippen LogP contribution in [0.1, 0.15) is 30.1 Å². The van der Waals surface area contributed by atoms with Crippen molar-refractivity contribution in [2.45, 2.75) is 25.8 Å². The maximum Gasteiger partial charge on any atom is 0.338 e. The molecule has 0 saturated carbocycles. The third kappa shape index (κ3) is 4.86. The van der Waals surface area contributed by atoms with Crippen molar-refractivity contribution in [3.63, 3.8) is 0 Å². The van der Waals surface area contributed by atoms with Crippen LogP contribution >= 0.6 is 11.6 Å². The summed E-state index contributed by atoms with van der Waals surface area (Å²) in [5.41, 5.74) is 6.14. The van der Waals surface area contributed by atoms with E-state index in [0.717, 1.165) is 12.8 Å². The number of nitrogens with one attached hydrogen (secondary N) is 1. The number of amides is 2. The second kappa shape index (κ2) is 8.01. The number of nitrogens with zero attached hydrogens (tertiary/aromatic N) is 1. The van der Waals surface area contributed by atoms with Crippen LogP contribution in [-0.2, 0) is 14.3 Å². The lowest BCUT2D eigenvalue weighted by Gasteiger charge is -2.32. The summed E-state index contributed by atoms with van der Waals surface area (Å²) in [6.07, 6.45) is 1.62. The summed E-state index contributed by atoms with van der Waals surface area (Å²) in [7, 11) is 0. The zero-order valence-corrected chi connectivity index (χ0v) is 14.1. The lowest BCUT2D eigenvalue weighted by Crippen LogP contribution is -2.50. The van der Waals surface area contributed by atoms with Gasteiger partial charge in [-0.1, -0.05) is 11.6 Å². The molecule has 0 aromatic heterocycles. The van der Waals surface area contributed by atoms with Gasteiger partial charge in [0, 0.05) is 26.1 Å². The largest absolute Gasteiger partial charge is 0.452 e. The average molecular weight is 354 g/mol. The number of carbonyl (C=O) groups excluding carboxylic acids is 3. The second-order valence-electron chi connectivity index (χ2n) is 5.69. The molecule has 0 radical (unpaired) electrons. The first-order valence-corrected chi connectivity index (χ1v) is 8.01. The minimum Gasteiger partial charge on any atom is -0.452 e. The topological polar surface area (TPSA) is 102 Å². The fourth-order valence-corrected chi connectivity index (χ4v) is 2.70. The van der Waals surface area contributed by atoms with E-state index in [0.29, 0.717) is 18.1 Å². The fraction of sp³-hybridized carbons (Fsp3) is 0.438. The molecule has 0 unspecified atom stereocenters. The predicted octanol–water partition coefficient (Wildman–Crippen LogP) is 1.21. The van der Waals surface area contributed by atoms with Gasteiger partial charge in [0.25, 0.3) is 5.91 Å². The van der Waals surface area contributed by atoms with E-state index in [1.807, 2.05) is 0 Å². The Kier molecular flexibility index (Phi) is 6.03. The van der Waals surface area contributed by atoms with Crippen LogP contribution in [0.3, 0.4) is 0 Å². The van der Waals surface area contributed by atoms with E-state index in [9.17, 15) is 14.4 Å². The van der Waals surface area contributed by atoms with Crippen LogP contribution in [0, 0.1) is 0 Å². The van der Waals surface area contributed by atoms with Gasteiger partial charge in [-0.05, 0) is 31.0 Å². The summed E-state index contributed by atoms with van der Waals surface area (Å²) in [6.45, 7) is 2.10. The summed E-state index contributed by atoms with van der Waals surface area (Å²) in [6, 6.07) is 4.33. The summed E-state index contributed by atoms with van der Waals surface area (Å²) >= 11 is 5.80. The zero-order valence-electron chi connectivity index (χ0n) is 13.4. The van der Waals surface area contributed by atoms with E-state index in [1.165, 1.54) is 25.1 Å². The highest BCUT2D eigenvalue weighted by Gasteiger charge is 2.25. The smallest absolute Gasteiger partial charge is 0.338 e. The standard InChI is InChI=1S/C16H20ClN3O4/c1-10(21)19-12-3-2-6-20(8-12)15(22)9-24-16(23)11-4-5-13(17)14(18)7-11/h4-5,7,12H,2-3,6,8-9,18H2,1H3,(H,19,21)/t12-/m0/s1. The number of ether oxygens (including phenoxy) is 1. The van der Waals surface area contributed by atoms with Gasteiger partial charge in [0.1, 0.15) is 0 Å². The molecular weight excluding hydrogens is 334 g/mol. The molecule has 1 fully saturated rings. The molecule has 1 saturated heterocycles. The Morgan fingerprint density at radius 3 is 2.83 bits per heavy atom. The summed E-state index contributed by atoms with van der Waals surface area (Å²) < 4.78 is 5.04. The Bertz CT molecular complexity index is 650. The Labute approximate surface area is 145 Å². The van der Waals surface area contributed by atoms with Crippen molar-refractivity contribution in [1.82, 2.24) is 10.2 Å². The Hall–Kier alpha value is -2.28. The molecule has 130 valence electrons. The molecule has 7 nitrogen and oxygen atoms in total. The van der Waals surface area contributed by atoms with Gasteiger partial charge in [-0.25, -0.2) is 4.79 Å². The van der Waals surface area contributed by atoms with Crippen LogP contribution in [0.4, 0.5) is 5.69 Å². The number of hydrogen-bond acceptors (Lipinski definition) is 5. The molecule has 0 aliphatic carbocycles. The molecule has 0 bridgehead atoms. The number of piperidine rings is 1. The van der Waals surface area contributed by atoms with Gasteiger partial charge in [-0.3, -0.25) is 9.59 Å². The first kappa shape index (κ1) is 18.1. The number of nitrogen functional groups attached to an aromatic ring is 1. The van der Waals surface area contributed by atoms with E-state index in [4.69, 9.17) is 22.1 Å². The van der Waals surface area contributed by atoms with Gasteiger partial charge in [0.2, 0.25) is 5.91 Å². The number of rotatable bonds is 4. The first-order chi connectivity index (χ1) is 11.4. The molecule has 1 heterocycles. The molecule has 1 aliphatic rings. The highest BCUT2D eigenvalue weighted by Crippen LogP contribution is 2.20. The van der Waals surface area contributed by atoms with Crippen molar-refractivity contribution in [3.05, 3.63) is 28.8 Å². The molecule has 1 aliphatic heterocycles. The molecule has 1 aromatic rings. The van der Waals surface area contributed by atoms with E-state index >= 15 is 0 Å². The van der Waals surface area contributed by atoms with Crippen molar-refractivity contribution in [1.29, 1.82) is 0 Å². The van der Waals surface area contributed by atoms with Gasteiger partial charge >= 0.3 is 5.97 Å². The van der Waals surface area contributed by atoms with Crippen molar-refractivity contribution >= 4 is 35.1 Å². The SMILES string of the molecule is CC(=O)N[C@H]1CCCN(C(=O)COC(=O)c2ccc(Cl)c(N)c2)C1. The van der Waals surface area contributed by atoms with Crippen LogP contribution in [0.5, 0.6) is 0 Å². The van der Waals surface area contributed by atoms with Crippen molar-refractivity contribution in [2.24, 2.45) is 0 Å². The second-order valence-corrected chi connectivity index (χ2v) is 6.10.